The Morgan fingerprint density at radius 2 is 1.84 bits per heavy atom. The van der Waals surface area contributed by atoms with Crippen molar-refractivity contribution in [3.63, 3.8) is 0 Å². The first-order valence-electron chi connectivity index (χ1n) is 8.49. The molecule has 0 N–H and O–H groups in total. The Morgan fingerprint density at radius 3 is 2.48 bits per heavy atom. The van der Waals surface area contributed by atoms with E-state index in [0.29, 0.717) is 11.7 Å². The van der Waals surface area contributed by atoms with E-state index in [-0.39, 0.29) is 5.82 Å². The minimum Gasteiger partial charge on any atom is -0.302 e. The largest absolute Gasteiger partial charge is 0.302 e. The molecule has 1 heterocycles. The zero-order valence-electron chi connectivity index (χ0n) is 14.7. The van der Waals surface area contributed by atoms with Crippen LogP contribution in [0.25, 0.3) is 11.4 Å². The van der Waals surface area contributed by atoms with Crippen LogP contribution in [0.5, 0.6) is 0 Å². The van der Waals surface area contributed by atoms with Gasteiger partial charge in [-0.15, -0.1) is 10.2 Å². The zero-order chi connectivity index (χ0) is 17.8. The average Bonchev–Trinajstić information content (AvgIpc) is 3.03. The van der Waals surface area contributed by atoms with Gasteiger partial charge in [-0.3, -0.25) is 0 Å². The van der Waals surface area contributed by atoms with Crippen molar-refractivity contribution >= 4 is 11.8 Å². The summed E-state index contributed by atoms with van der Waals surface area (Å²) in [6.07, 6.45) is 0. The maximum absolute atomic E-state index is 13.3. The highest BCUT2D eigenvalue weighted by molar-refractivity contribution is 7.98. The molecule has 0 unspecified atom stereocenters. The standard InChI is InChI=1S/C20H22FN3S/c1-4-24-19(17-10-8-16(9-11-17)14(2)3)22-23-20(24)25-13-15-6-5-7-18(21)12-15/h5-12,14H,4,13H2,1-3H3. The lowest BCUT2D eigenvalue weighted by Crippen LogP contribution is -2.00. The number of hydrogen-bond donors (Lipinski definition) is 0. The molecule has 0 atom stereocenters. The first kappa shape index (κ1) is 17.7. The van der Waals surface area contributed by atoms with E-state index in [9.17, 15) is 4.39 Å². The summed E-state index contributed by atoms with van der Waals surface area (Å²) in [5.74, 6) is 1.85. The number of hydrogen-bond acceptors (Lipinski definition) is 3. The summed E-state index contributed by atoms with van der Waals surface area (Å²) in [6.45, 7) is 7.25. The molecule has 0 fully saturated rings. The second-order valence-corrected chi connectivity index (χ2v) is 7.19. The second-order valence-electron chi connectivity index (χ2n) is 6.25. The Morgan fingerprint density at radius 1 is 1.08 bits per heavy atom. The van der Waals surface area contributed by atoms with Crippen LogP contribution in [0.15, 0.2) is 53.7 Å². The van der Waals surface area contributed by atoms with Crippen LogP contribution in [-0.2, 0) is 12.3 Å². The second kappa shape index (κ2) is 7.83. The summed E-state index contributed by atoms with van der Waals surface area (Å²) in [4.78, 5) is 0. The van der Waals surface area contributed by atoms with Crippen molar-refractivity contribution in [3.05, 3.63) is 65.5 Å². The Bertz CT molecular complexity index is 840. The van der Waals surface area contributed by atoms with Gasteiger partial charge in [0, 0.05) is 17.9 Å². The van der Waals surface area contributed by atoms with Gasteiger partial charge in [0.05, 0.1) is 0 Å². The van der Waals surface area contributed by atoms with E-state index in [4.69, 9.17) is 0 Å². The molecule has 0 amide bonds. The van der Waals surface area contributed by atoms with Crippen molar-refractivity contribution in [3.8, 4) is 11.4 Å². The summed E-state index contributed by atoms with van der Waals surface area (Å²) >= 11 is 1.58. The molecular formula is C20H22FN3S. The molecule has 0 aliphatic heterocycles. The fourth-order valence-electron chi connectivity index (χ4n) is 2.69. The van der Waals surface area contributed by atoms with E-state index in [1.165, 1.54) is 11.6 Å². The van der Waals surface area contributed by atoms with Gasteiger partial charge < -0.3 is 4.57 Å². The van der Waals surface area contributed by atoms with E-state index in [1.54, 1.807) is 23.9 Å². The molecule has 3 aromatic rings. The van der Waals surface area contributed by atoms with Crippen LogP contribution in [0.1, 0.15) is 37.8 Å². The van der Waals surface area contributed by atoms with E-state index in [1.807, 2.05) is 6.07 Å². The minimum atomic E-state index is -0.207. The maximum Gasteiger partial charge on any atom is 0.191 e. The molecule has 3 nitrogen and oxygen atoms in total. The quantitative estimate of drug-likeness (QED) is 0.546. The van der Waals surface area contributed by atoms with Crippen molar-refractivity contribution in [2.45, 2.75) is 44.1 Å². The molecule has 0 aliphatic rings. The number of halogens is 1. The fourth-order valence-corrected chi connectivity index (χ4v) is 3.63. The number of rotatable bonds is 6. The highest BCUT2D eigenvalue weighted by atomic mass is 32.2. The minimum absolute atomic E-state index is 0.207. The van der Waals surface area contributed by atoms with Crippen molar-refractivity contribution < 1.29 is 4.39 Å². The number of benzene rings is 2. The predicted molar refractivity (Wildman–Crippen MR) is 101 cm³/mol. The Labute approximate surface area is 152 Å². The smallest absolute Gasteiger partial charge is 0.191 e. The normalized spacial score (nSPS) is 11.2. The Hall–Kier alpha value is -2.14. The molecular weight excluding hydrogens is 333 g/mol. The third-order valence-corrected chi connectivity index (χ3v) is 5.16. The molecule has 1 aromatic heterocycles. The predicted octanol–water partition coefficient (Wildman–Crippen LogP) is 5.52. The van der Waals surface area contributed by atoms with Crippen LogP contribution in [-0.4, -0.2) is 14.8 Å². The van der Waals surface area contributed by atoms with Gasteiger partial charge in [-0.1, -0.05) is 62.0 Å². The van der Waals surface area contributed by atoms with E-state index >= 15 is 0 Å². The van der Waals surface area contributed by atoms with Crippen molar-refractivity contribution in [2.24, 2.45) is 0 Å². The van der Waals surface area contributed by atoms with Crippen LogP contribution in [0.2, 0.25) is 0 Å². The summed E-state index contributed by atoms with van der Waals surface area (Å²) in [6, 6.07) is 15.2. The van der Waals surface area contributed by atoms with Gasteiger partial charge in [-0.2, -0.15) is 0 Å². The molecule has 25 heavy (non-hydrogen) atoms. The molecule has 0 saturated carbocycles. The summed E-state index contributed by atoms with van der Waals surface area (Å²) < 4.78 is 15.4. The molecule has 0 aliphatic carbocycles. The lowest BCUT2D eigenvalue weighted by molar-refractivity contribution is 0.626. The molecule has 2 aromatic carbocycles. The summed E-state index contributed by atoms with van der Waals surface area (Å²) in [5.41, 5.74) is 3.32. The van der Waals surface area contributed by atoms with Gasteiger partial charge in [0.2, 0.25) is 0 Å². The average molecular weight is 355 g/mol. The SMILES string of the molecule is CCn1c(SCc2cccc(F)c2)nnc1-c1ccc(C(C)C)cc1. The third-order valence-electron chi connectivity index (χ3n) is 4.13. The third kappa shape index (κ3) is 4.10. The van der Waals surface area contributed by atoms with Crippen molar-refractivity contribution in [1.29, 1.82) is 0 Å². The van der Waals surface area contributed by atoms with Crippen LogP contribution >= 0.6 is 11.8 Å². The molecule has 0 radical (unpaired) electrons. The number of thioether (sulfide) groups is 1. The molecule has 130 valence electrons. The highest BCUT2D eigenvalue weighted by Gasteiger charge is 2.13. The lowest BCUT2D eigenvalue weighted by Gasteiger charge is -2.09. The maximum atomic E-state index is 13.3. The monoisotopic (exact) mass is 355 g/mol. The van der Waals surface area contributed by atoms with Crippen molar-refractivity contribution in [1.82, 2.24) is 14.8 Å². The molecule has 3 rings (SSSR count). The van der Waals surface area contributed by atoms with Gasteiger partial charge >= 0.3 is 0 Å². The molecule has 0 spiro atoms. The number of aromatic nitrogens is 3. The lowest BCUT2D eigenvalue weighted by atomic mass is 10.0. The zero-order valence-corrected chi connectivity index (χ0v) is 15.6. The summed E-state index contributed by atoms with van der Waals surface area (Å²) in [7, 11) is 0. The van der Waals surface area contributed by atoms with Gasteiger partial charge in [-0.25, -0.2) is 4.39 Å². The summed E-state index contributed by atoms with van der Waals surface area (Å²) in [5, 5.41) is 9.58. The van der Waals surface area contributed by atoms with Gasteiger partial charge in [0.25, 0.3) is 0 Å². The van der Waals surface area contributed by atoms with E-state index in [0.717, 1.165) is 28.7 Å². The van der Waals surface area contributed by atoms with Crippen LogP contribution < -0.4 is 0 Å². The Kier molecular flexibility index (Phi) is 5.53. The van der Waals surface area contributed by atoms with Crippen molar-refractivity contribution in [2.75, 3.05) is 0 Å². The van der Waals surface area contributed by atoms with Gasteiger partial charge in [-0.05, 0) is 36.1 Å². The highest BCUT2D eigenvalue weighted by Crippen LogP contribution is 2.27. The van der Waals surface area contributed by atoms with Crippen LogP contribution in [0.4, 0.5) is 4.39 Å². The molecule has 0 bridgehead atoms. The van der Waals surface area contributed by atoms with Crippen LogP contribution in [0, 0.1) is 5.82 Å². The fraction of sp³-hybridized carbons (Fsp3) is 0.300. The van der Waals surface area contributed by atoms with Gasteiger partial charge in [0.1, 0.15) is 5.82 Å². The molecule has 0 saturated heterocycles. The van der Waals surface area contributed by atoms with Gasteiger partial charge in [0.15, 0.2) is 11.0 Å². The van der Waals surface area contributed by atoms with E-state index in [2.05, 4.69) is 59.8 Å². The molecule has 5 heteroatoms. The number of nitrogens with zero attached hydrogens (tertiary/aromatic N) is 3. The first-order valence-corrected chi connectivity index (χ1v) is 9.47. The first-order chi connectivity index (χ1) is 12.1. The van der Waals surface area contributed by atoms with E-state index < -0.39 is 0 Å². The topological polar surface area (TPSA) is 30.7 Å². The van der Waals surface area contributed by atoms with Crippen LogP contribution in [0.3, 0.4) is 0 Å². The Balaban J connectivity index is 1.81.